The van der Waals surface area contributed by atoms with E-state index in [0.29, 0.717) is 36.9 Å². The third-order valence-electron chi connectivity index (χ3n) is 5.85. The minimum atomic E-state index is -4.65. The largest absolute Gasteiger partial charge is 0.494 e. The molecule has 2 aromatic carbocycles. The standard InChI is InChI=1S/C23H29N3O6S/c1-3-14-32-21-10-8-20(9-11-21)26-22(27)17(2)25(23(26)33(28,29)30)19-6-4-18(5-7-19)24-12-15-31-16-13-24/h4-11,17,23H,3,12-16H2,1-2H3,(H,28,29,30). The van der Waals surface area contributed by atoms with Crippen LogP contribution in [0.4, 0.5) is 17.1 Å². The first-order valence-corrected chi connectivity index (χ1v) is 12.5. The van der Waals surface area contributed by atoms with E-state index in [1.807, 2.05) is 19.1 Å². The van der Waals surface area contributed by atoms with Crippen molar-refractivity contribution in [3.8, 4) is 5.75 Å². The lowest BCUT2D eigenvalue weighted by molar-refractivity contribution is -0.117. The minimum Gasteiger partial charge on any atom is -0.494 e. The van der Waals surface area contributed by atoms with Gasteiger partial charge in [-0.15, -0.1) is 0 Å². The number of anilines is 3. The van der Waals surface area contributed by atoms with Crippen molar-refractivity contribution in [1.82, 2.24) is 0 Å². The van der Waals surface area contributed by atoms with Gasteiger partial charge in [-0.1, -0.05) is 6.92 Å². The van der Waals surface area contributed by atoms with Crippen LogP contribution in [0.1, 0.15) is 20.3 Å². The van der Waals surface area contributed by atoms with Crippen LogP contribution in [0, 0.1) is 0 Å². The maximum absolute atomic E-state index is 13.2. The number of rotatable bonds is 7. The Balaban J connectivity index is 1.65. The Kier molecular flexibility index (Phi) is 6.78. The van der Waals surface area contributed by atoms with Gasteiger partial charge in [0.2, 0.25) is 5.50 Å². The van der Waals surface area contributed by atoms with E-state index in [4.69, 9.17) is 9.47 Å². The summed E-state index contributed by atoms with van der Waals surface area (Å²) in [6.07, 6.45) is 0.855. The number of hydrogen-bond donors (Lipinski definition) is 1. The second-order valence-electron chi connectivity index (χ2n) is 8.09. The Labute approximate surface area is 194 Å². The van der Waals surface area contributed by atoms with Crippen molar-refractivity contribution in [2.24, 2.45) is 0 Å². The van der Waals surface area contributed by atoms with Crippen molar-refractivity contribution in [1.29, 1.82) is 0 Å². The van der Waals surface area contributed by atoms with Gasteiger partial charge >= 0.3 is 10.1 Å². The Morgan fingerprint density at radius 1 is 1.00 bits per heavy atom. The average molecular weight is 476 g/mol. The van der Waals surface area contributed by atoms with Crippen LogP contribution in [0.15, 0.2) is 48.5 Å². The van der Waals surface area contributed by atoms with Crippen molar-refractivity contribution in [3.05, 3.63) is 48.5 Å². The van der Waals surface area contributed by atoms with Crippen LogP contribution in [0.5, 0.6) is 5.75 Å². The van der Waals surface area contributed by atoms with E-state index in [1.54, 1.807) is 43.3 Å². The number of carbonyl (C=O) groups excluding carboxylic acids is 1. The van der Waals surface area contributed by atoms with Crippen LogP contribution in [-0.2, 0) is 19.6 Å². The van der Waals surface area contributed by atoms with Gasteiger partial charge in [0.05, 0.1) is 19.8 Å². The van der Waals surface area contributed by atoms with Gasteiger partial charge in [0.25, 0.3) is 5.91 Å². The van der Waals surface area contributed by atoms with Crippen LogP contribution >= 0.6 is 0 Å². The molecule has 1 N–H and O–H groups in total. The van der Waals surface area contributed by atoms with Crippen LogP contribution in [-0.4, -0.2) is 63.3 Å². The van der Waals surface area contributed by atoms with E-state index in [-0.39, 0.29) is 0 Å². The highest BCUT2D eigenvalue weighted by Crippen LogP contribution is 2.36. The summed E-state index contributed by atoms with van der Waals surface area (Å²) in [6, 6.07) is 13.2. The molecule has 9 nitrogen and oxygen atoms in total. The molecule has 1 amide bonds. The average Bonchev–Trinajstić information content (AvgIpc) is 3.10. The zero-order valence-electron chi connectivity index (χ0n) is 18.8. The summed E-state index contributed by atoms with van der Waals surface area (Å²) in [4.78, 5) is 17.9. The third-order valence-corrected chi connectivity index (χ3v) is 6.82. The van der Waals surface area contributed by atoms with Gasteiger partial charge in [0.1, 0.15) is 11.8 Å². The second kappa shape index (κ2) is 9.58. The lowest BCUT2D eigenvalue weighted by Crippen LogP contribution is -2.46. The molecule has 2 unspecified atom stereocenters. The molecule has 178 valence electrons. The molecular weight excluding hydrogens is 446 g/mol. The molecule has 33 heavy (non-hydrogen) atoms. The topological polar surface area (TPSA) is 99.6 Å². The van der Waals surface area contributed by atoms with Crippen LogP contribution in [0.25, 0.3) is 0 Å². The molecule has 2 fully saturated rings. The molecule has 0 radical (unpaired) electrons. The summed E-state index contributed by atoms with van der Waals surface area (Å²) in [5.41, 5.74) is 0.312. The van der Waals surface area contributed by atoms with E-state index < -0.39 is 27.6 Å². The first-order chi connectivity index (χ1) is 15.8. The quantitative estimate of drug-likeness (QED) is 0.611. The summed E-state index contributed by atoms with van der Waals surface area (Å²) in [5.74, 6) is 0.205. The molecule has 2 saturated heterocycles. The minimum absolute atomic E-state index is 0.366. The van der Waals surface area contributed by atoms with Gasteiger partial charge in [-0.3, -0.25) is 14.2 Å². The van der Waals surface area contributed by atoms with Crippen molar-refractivity contribution in [2.75, 3.05) is 47.6 Å². The van der Waals surface area contributed by atoms with Crippen LogP contribution in [0.2, 0.25) is 0 Å². The predicted molar refractivity (Wildman–Crippen MR) is 126 cm³/mol. The number of nitrogens with zero attached hydrogens (tertiary/aromatic N) is 3. The lowest BCUT2D eigenvalue weighted by Gasteiger charge is -2.31. The van der Waals surface area contributed by atoms with Gasteiger partial charge in [0.15, 0.2) is 0 Å². The Morgan fingerprint density at radius 2 is 1.58 bits per heavy atom. The predicted octanol–water partition coefficient (Wildman–Crippen LogP) is 2.73. The third kappa shape index (κ3) is 4.78. The summed E-state index contributed by atoms with van der Waals surface area (Å²) in [5, 5.41) is 0. The van der Waals surface area contributed by atoms with Crippen molar-refractivity contribution >= 4 is 33.1 Å². The highest BCUT2D eigenvalue weighted by Gasteiger charge is 2.51. The first-order valence-electron chi connectivity index (χ1n) is 11.0. The normalized spacial score (nSPS) is 21.5. The molecule has 0 spiro atoms. The van der Waals surface area contributed by atoms with E-state index in [1.165, 1.54) is 4.90 Å². The van der Waals surface area contributed by atoms with Gasteiger partial charge in [-0.2, -0.15) is 8.42 Å². The number of hydrogen-bond acceptors (Lipinski definition) is 7. The lowest BCUT2D eigenvalue weighted by atomic mass is 10.2. The second-order valence-corrected chi connectivity index (χ2v) is 9.54. The molecule has 2 heterocycles. The molecule has 0 aromatic heterocycles. The molecular formula is C23H29N3O6S. The fraction of sp³-hybridized carbons (Fsp3) is 0.435. The van der Waals surface area contributed by atoms with Crippen LogP contribution < -0.4 is 19.4 Å². The van der Waals surface area contributed by atoms with E-state index in [9.17, 15) is 17.8 Å². The molecule has 2 aliphatic heterocycles. The summed E-state index contributed by atoms with van der Waals surface area (Å²) in [6.45, 7) is 7.05. The fourth-order valence-electron chi connectivity index (χ4n) is 4.21. The number of ether oxygens (including phenoxy) is 2. The molecule has 0 bridgehead atoms. The number of benzene rings is 2. The fourth-order valence-corrected chi connectivity index (χ4v) is 5.29. The van der Waals surface area contributed by atoms with Gasteiger partial charge in [-0.25, -0.2) is 0 Å². The Hall–Kier alpha value is -2.82. The molecule has 2 aliphatic rings. The first kappa shape index (κ1) is 23.3. The Bertz CT molecular complexity index is 1070. The smallest absolute Gasteiger partial charge is 0.306 e. The highest BCUT2D eigenvalue weighted by molar-refractivity contribution is 7.86. The zero-order chi connectivity index (χ0) is 23.6. The molecule has 2 aromatic rings. The maximum Gasteiger partial charge on any atom is 0.306 e. The Morgan fingerprint density at radius 3 is 2.15 bits per heavy atom. The van der Waals surface area contributed by atoms with Crippen LogP contribution in [0.3, 0.4) is 0 Å². The molecule has 2 atom stereocenters. The number of morpholine rings is 1. The summed E-state index contributed by atoms with van der Waals surface area (Å²) >= 11 is 0. The van der Waals surface area contributed by atoms with Crippen molar-refractivity contribution < 1.29 is 27.2 Å². The van der Waals surface area contributed by atoms with Gasteiger partial charge in [-0.05, 0) is 61.9 Å². The maximum atomic E-state index is 13.2. The molecule has 4 rings (SSSR count). The van der Waals surface area contributed by atoms with Gasteiger partial charge in [0, 0.05) is 30.2 Å². The summed E-state index contributed by atoms with van der Waals surface area (Å²) < 4.78 is 46.1. The number of carbonyl (C=O) groups is 1. The molecule has 0 aliphatic carbocycles. The molecule has 0 saturated carbocycles. The van der Waals surface area contributed by atoms with E-state index in [2.05, 4.69) is 4.90 Å². The summed E-state index contributed by atoms with van der Waals surface area (Å²) in [7, 11) is -4.65. The monoisotopic (exact) mass is 475 g/mol. The van der Waals surface area contributed by atoms with Gasteiger partial charge < -0.3 is 19.3 Å². The van der Waals surface area contributed by atoms with Crippen molar-refractivity contribution in [3.63, 3.8) is 0 Å². The van der Waals surface area contributed by atoms with E-state index in [0.717, 1.165) is 30.1 Å². The molecule has 10 heteroatoms. The van der Waals surface area contributed by atoms with Crippen molar-refractivity contribution in [2.45, 2.75) is 31.8 Å². The number of amides is 1. The highest BCUT2D eigenvalue weighted by atomic mass is 32.2. The van der Waals surface area contributed by atoms with E-state index >= 15 is 0 Å². The SMILES string of the molecule is CCCOc1ccc(N2C(=O)C(C)N(c3ccc(N4CCOCC4)cc3)C2S(=O)(=O)O)cc1. The zero-order valence-corrected chi connectivity index (χ0v) is 19.6.